The lowest BCUT2D eigenvalue weighted by atomic mass is 10.2. The smallest absolute Gasteiger partial charge is 0.338 e. The van der Waals surface area contributed by atoms with E-state index < -0.39 is 0 Å². The van der Waals surface area contributed by atoms with E-state index in [0.29, 0.717) is 24.3 Å². The Morgan fingerprint density at radius 1 is 1.26 bits per heavy atom. The van der Waals surface area contributed by atoms with Crippen LogP contribution in [0.15, 0.2) is 24.3 Å². The minimum absolute atomic E-state index is 0.00434. The van der Waals surface area contributed by atoms with Crippen molar-refractivity contribution in [3.05, 3.63) is 29.8 Å². The molecule has 0 aliphatic heterocycles. The van der Waals surface area contributed by atoms with Crippen LogP contribution >= 0.6 is 0 Å². The van der Waals surface area contributed by atoms with E-state index in [1.807, 2.05) is 6.92 Å². The first-order chi connectivity index (χ1) is 9.17. The molecule has 19 heavy (non-hydrogen) atoms. The van der Waals surface area contributed by atoms with Crippen molar-refractivity contribution in [1.29, 1.82) is 0 Å². The van der Waals surface area contributed by atoms with Crippen molar-refractivity contribution in [1.82, 2.24) is 0 Å². The van der Waals surface area contributed by atoms with Crippen LogP contribution in [0.2, 0.25) is 0 Å². The molecule has 0 aliphatic rings. The highest BCUT2D eigenvalue weighted by atomic mass is 16.5. The Labute approximate surface area is 112 Å². The van der Waals surface area contributed by atoms with E-state index in [4.69, 9.17) is 9.84 Å². The molecule has 2 N–H and O–H groups in total. The number of amides is 1. The number of nitrogens with one attached hydrogen (secondary N) is 1. The number of aliphatic hydroxyl groups is 1. The molecular formula is C14H19NO4. The Morgan fingerprint density at radius 2 is 1.95 bits per heavy atom. The molecular weight excluding hydrogens is 246 g/mol. The number of hydrogen-bond acceptors (Lipinski definition) is 4. The average molecular weight is 265 g/mol. The maximum absolute atomic E-state index is 11.5. The second kappa shape index (κ2) is 8.26. The summed E-state index contributed by atoms with van der Waals surface area (Å²) in [5, 5.41) is 11.3. The third kappa shape index (κ3) is 5.52. The van der Waals surface area contributed by atoms with E-state index in [-0.39, 0.29) is 24.9 Å². The number of rotatable bonds is 7. The Morgan fingerprint density at radius 3 is 2.53 bits per heavy atom. The lowest BCUT2D eigenvalue weighted by molar-refractivity contribution is -0.116. The normalized spacial score (nSPS) is 10.0. The molecule has 5 heteroatoms. The number of hydrogen-bond donors (Lipinski definition) is 2. The summed E-state index contributed by atoms with van der Waals surface area (Å²) in [5.41, 5.74) is 1.08. The van der Waals surface area contributed by atoms with Crippen molar-refractivity contribution in [2.45, 2.75) is 26.2 Å². The summed E-state index contributed by atoms with van der Waals surface area (Å²) in [6.45, 7) is 2.33. The van der Waals surface area contributed by atoms with Gasteiger partial charge in [-0.25, -0.2) is 4.79 Å². The summed E-state index contributed by atoms with van der Waals surface area (Å²) >= 11 is 0. The molecule has 0 heterocycles. The van der Waals surface area contributed by atoms with E-state index >= 15 is 0 Å². The molecule has 0 fully saturated rings. The average Bonchev–Trinajstić information content (AvgIpc) is 2.43. The number of esters is 1. The topological polar surface area (TPSA) is 75.6 Å². The maximum atomic E-state index is 11.5. The molecule has 0 saturated carbocycles. The number of carbonyl (C=O) groups is 2. The summed E-state index contributed by atoms with van der Waals surface area (Å²) in [4.78, 5) is 23.0. The molecule has 5 nitrogen and oxygen atoms in total. The van der Waals surface area contributed by atoms with Crippen molar-refractivity contribution in [2.24, 2.45) is 0 Å². The van der Waals surface area contributed by atoms with E-state index in [9.17, 15) is 9.59 Å². The highest BCUT2D eigenvalue weighted by molar-refractivity contribution is 5.93. The predicted molar refractivity (Wildman–Crippen MR) is 72.0 cm³/mol. The van der Waals surface area contributed by atoms with Gasteiger partial charge in [-0.05, 0) is 37.1 Å². The molecule has 1 aromatic rings. The monoisotopic (exact) mass is 265 g/mol. The van der Waals surface area contributed by atoms with E-state index in [1.54, 1.807) is 24.3 Å². The minimum atomic E-state index is -0.361. The van der Waals surface area contributed by atoms with Gasteiger partial charge in [0.1, 0.15) is 0 Å². The highest BCUT2D eigenvalue weighted by Gasteiger charge is 2.07. The lowest BCUT2D eigenvalue weighted by Crippen LogP contribution is -2.12. The third-order valence-corrected chi connectivity index (χ3v) is 2.40. The highest BCUT2D eigenvalue weighted by Crippen LogP contribution is 2.11. The fraction of sp³-hybridized carbons (Fsp3) is 0.429. The van der Waals surface area contributed by atoms with Crippen LogP contribution in [0, 0.1) is 0 Å². The largest absolute Gasteiger partial charge is 0.462 e. The fourth-order valence-electron chi connectivity index (χ4n) is 1.43. The standard InChI is InChI=1S/C14H19NO4/c1-2-10-19-14(18)11-5-7-12(8-6-11)15-13(17)4-3-9-16/h5-8,16H,2-4,9-10H2,1H3,(H,15,17). The van der Waals surface area contributed by atoms with E-state index in [1.165, 1.54) is 0 Å². The van der Waals surface area contributed by atoms with Gasteiger partial charge in [0.2, 0.25) is 5.91 Å². The number of benzene rings is 1. The van der Waals surface area contributed by atoms with Crippen molar-refractivity contribution < 1.29 is 19.4 Å². The maximum Gasteiger partial charge on any atom is 0.338 e. The summed E-state index contributed by atoms with van der Waals surface area (Å²) in [6.07, 6.45) is 1.49. The molecule has 0 aliphatic carbocycles. The number of anilines is 1. The van der Waals surface area contributed by atoms with Crippen molar-refractivity contribution in [3.8, 4) is 0 Å². The number of aliphatic hydroxyl groups excluding tert-OH is 1. The van der Waals surface area contributed by atoms with Crippen LogP contribution in [0.1, 0.15) is 36.5 Å². The zero-order valence-corrected chi connectivity index (χ0v) is 11.0. The van der Waals surface area contributed by atoms with Gasteiger partial charge >= 0.3 is 5.97 Å². The van der Waals surface area contributed by atoms with Gasteiger partial charge in [0.25, 0.3) is 0 Å². The van der Waals surface area contributed by atoms with Crippen LogP contribution in [0.25, 0.3) is 0 Å². The van der Waals surface area contributed by atoms with Gasteiger partial charge in [-0.2, -0.15) is 0 Å². The van der Waals surface area contributed by atoms with Crippen LogP contribution < -0.4 is 5.32 Å². The zero-order valence-electron chi connectivity index (χ0n) is 11.0. The molecule has 0 saturated heterocycles. The van der Waals surface area contributed by atoms with Gasteiger partial charge in [0, 0.05) is 18.7 Å². The van der Waals surface area contributed by atoms with Crippen molar-refractivity contribution in [2.75, 3.05) is 18.5 Å². The fourth-order valence-corrected chi connectivity index (χ4v) is 1.43. The van der Waals surface area contributed by atoms with Gasteiger partial charge < -0.3 is 15.2 Å². The van der Waals surface area contributed by atoms with Crippen molar-refractivity contribution in [3.63, 3.8) is 0 Å². The third-order valence-electron chi connectivity index (χ3n) is 2.40. The minimum Gasteiger partial charge on any atom is -0.462 e. The molecule has 0 bridgehead atoms. The Bertz CT molecular complexity index is 414. The Hall–Kier alpha value is -1.88. The zero-order chi connectivity index (χ0) is 14.1. The second-order valence-electron chi connectivity index (χ2n) is 4.09. The predicted octanol–water partition coefficient (Wildman–Crippen LogP) is 1.96. The van der Waals surface area contributed by atoms with E-state index in [2.05, 4.69) is 5.32 Å². The quantitative estimate of drug-likeness (QED) is 0.739. The molecule has 0 atom stereocenters. The molecule has 1 rings (SSSR count). The van der Waals surface area contributed by atoms with Gasteiger partial charge in [-0.15, -0.1) is 0 Å². The van der Waals surface area contributed by atoms with Crippen LogP contribution in [0.4, 0.5) is 5.69 Å². The lowest BCUT2D eigenvalue weighted by Gasteiger charge is -2.06. The SMILES string of the molecule is CCCOC(=O)c1ccc(NC(=O)CCCO)cc1. The summed E-state index contributed by atoms with van der Waals surface area (Å²) in [7, 11) is 0. The molecule has 0 aromatic heterocycles. The molecule has 1 amide bonds. The first-order valence-corrected chi connectivity index (χ1v) is 6.35. The Balaban J connectivity index is 2.51. The van der Waals surface area contributed by atoms with Gasteiger partial charge in [-0.3, -0.25) is 4.79 Å². The van der Waals surface area contributed by atoms with Gasteiger partial charge in [0.15, 0.2) is 0 Å². The molecule has 1 aromatic carbocycles. The van der Waals surface area contributed by atoms with Gasteiger partial charge in [0.05, 0.1) is 12.2 Å². The first-order valence-electron chi connectivity index (χ1n) is 6.35. The first kappa shape index (κ1) is 15.2. The van der Waals surface area contributed by atoms with Gasteiger partial charge in [-0.1, -0.05) is 6.92 Å². The second-order valence-corrected chi connectivity index (χ2v) is 4.09. The van der Waals surface area contributed by atoms with E-state index in [0.717, 1.165) is 6.42 Å². The van der Waals surface area contributed by atoms with Crippen LogP contribution in [-0.2, 0) is 9.53 Å². The Kier molecular flexibility index (Phi) is 6.60. The van der Waals surface area contributed by atoms with Crippen LogP contribution in [-0.4, -0.2) is 30.2 Å². The molecule has 0 radical (unpaired) electrons. The molecule has 0 spiro atoms. The summed E-state index contributed by atoms with van der Waals surface area (Å²) in [6, 6.07) is 6.53. The summed E-state index contributed by atoms with van der Waals surface area (Å²) in [5.74, 6) is -0.518. The van der Waals surface area contributed by atoms with Crippen LogP contribution in [0.5, 0.6) is 0 Å². The molecule has 104 valence electrons. The molecule has 0 unspecified atom stereocenters. The van der Waals surface area contributed by atoms with Crippen molar-refractivity contribution >= 4 is 17.6 Å². The number of ether oxygens (including phenoxy) is 1. The number of carbonyl (C=O) groups excluding carboxylic acids is 2. The summed E-state index contributed by atoms with van der Waals surface area (Å²) < 4.78 is 5.00. The van der Waals surface area contributed by atoms with Crippen LogP contribution in [0.3, 0.4) is 0 Å².